The highest BCUT2D eigenvalue weighted by atomic mass is 16.5. The molecule has 1 aromatic rings. The summed E-state index contributed by atoms with van der Waals surface area (Å²) >= 11 is 0. The van der Waals surface area contributed by atoms with Crippen molar-refractivity contribution < 1.29 is 9.53 Å². The van der Waals surface area contributed by atoms with E-state index in [1.807, 2.05) is 13.0 Å². The van der Waals surface area contributed by atoms with E-state index in [1.54, 1.807) is 12.1 Å². The summed E-state index contributed by atoms with van der Waals surface area (Å²) in [6.07, 6.45) is 4.93. The standard InChI is InChI=1S/C16H25N3O2/c1-2-18-16(20)12-6-7-15(14(17)11-12)19-9-8-13-5-3-4-10-21-13/h6-7,11,13,19H,2-5,8-10,17H2,1H3,(H,18,20). The van der Waals surface area contributed by atoms with Crippen molar-refractivity contribution in [3.05, 3.63) is 23.8 Å². The van der Waals surface area contributed by atoms with Gasteiger partial charge in [-0.25, -0.2) is 0 Å². The van der Waals surface area contributed by atoms with Gasteiger partial charge in [-0.2, -0.15) is 0 Å². The lowest BCUT2D eigenvalue weighted by atomic mass is 10.1. The predicted molar refractivity (Wildman–Crippen MR) is 85.6 cm³/mol. The Balaban J connectivity index is 1.84. The monoisotopic (exact) mass is 291 g/mol. The summed E-state index contributed by atoms with van der Waals surface area (Å²) in [5.41, 5.74) is 8.07. The minimum Gasteiger partial charge on any atom is -0.397 e. The molecule has 1 saturated heterocycles. The van der Waals surface area contributed by atoms with Gasteiger partial charge in [0, 0.05) is 25.3 Å². The van der Waals surface area contributed by atoms with Crippen molar-refractivity contribution in [1.82, 2.24) is 5.32 Å². The van der Waals surface area contributed by atoms with Crippen LogP contribution < -0.4 is 16.4 Å². The molecule has 0 spiro atoms. The van der Waals surface area contributed by atoms with Gasteiger partial charge in [0.1, 0.15) is 0 Å². The Morgan fingerprint density at radius 1 is 1.43 bits per heavy atom. The molecule has 0 aromatic heterocycles. The largest absolute Gasteiger partial charge is 0.397 e. The molecule has 1 amide bonds. The maximum absolute atomic E-state index is 11.7. The highest BCUT2D eigenvalue weighted by Gasteiger charge is 2.13. The summed E-state index contributed by atoms with van der Waals surface area (Å²) in [5.74, 6) is -0.0913. The van der Waals surface area contributed by atoms with Crippen LogP contribution in [0.25, 0.3) is 0 Å². The van der Waals surface area contributed by atoms with Crippen LogP contribution in [0.3, 0.4) is 0 Å². The second-order valence-corrected chi connectivity index (χ2v) is 5.37. The van der Waals surface area contributed by atoms with Crippen LogP contribution in [-0.4, -0.2) is 31.7 Å². The first-order valence-electron chi connectivity index (χ1n) is 7.74. The third-order valence-electron chi connectivity index (χ3n) is 3.71. The first kappa shape index (κ1) is 15.6. The molecule has 1 aromatic carbocycles. The van der Waals surface area contributed by atoms with Crippen LogP contribution in [0.4, 0.5) is 11.4 Å². The number of carbonyl (C=O) groups excluding carboxylic acids is 1. The molecule has 1 heterocycles. The van der Waals surface area contributed by atoms with E-state index in [-0.39, 0.29) is 5.91 Å². The van der Waals surface area contributed by atoms with Gasteiger partial charge in [-0.15, -0.1) is 0 Å². The summed E-state index contributed by atoms with van der Waals surface area (Å²) in [4.78, 5) is 11.7. The fourth-order valence-electron chi connectivity index (χ4n) is 2.53. The zero-order valence-corrected chi connectivity index (χ0v) is 12.7. The lowest BCUT2D eigenvalue weighted by Crippen LogP contribution is -2.23. The third-order valence-corrected chi connectivity index (χ3v) is 3.71. The molecule has 5 nitrogen and oxygen atoms in total. The molecule has 116 valence electrons. The Kier molecular flexibility index (Phi) is 5.87. The first-order valence-corrected chi connectivity index (χ1v) is 7.74. The summed E-state index contributed by atoms with van der Waals surface area (Å²) in [6.45, 7) is 4.22. The quantitative estimate of drug-likeness (QED) is 0.703. The maximum Gasteiger partial charge on any atom is 0.251 e. The van der Waals surface area contributed by atoms with E-state index in [2.05, 4.69) is 10.6 Å². The molecule has 5 heteroatoms. The molecule has 0 aliphatic carbocycles. The van der Waals surface area contributed by atoms with Crippen LogP contribution in [0.15, 0.2) is 18.2 Å². The fraction of sp³-hybridized carbons (Fsp3) is 0.562. The van der Waals surface area contributed by atoms with Crippen molar-refractivity contribution in [1.29, 1.82) is 0 Å². The van der Waals surface area contributed by atoms with E-state index in [0.717, 1.165) is 31.7 Å². The number of nitrogen functional groups attached to an aromatic ring is 1. The van der Waals surface area contributed by atoms with Gasteiger partial charge in [-0.3, -0.25) is 4.79 Å². The Bertz CT molecular complexity index is 471. The van der Waals surface area contributed by atoms with Gasteiger partial charge < -0.3 is 21.1 Å². The first-order chi connectivity index (χ1) is 10.2. The molecule has 1 fully saturated rings. The fourth-order valence-corrected chi connectivity index (χ4v) is 2.53. The summed E-state index contributed by atoms with van der Waals surface area (Å²) in [6, 6.07) is 5.37. The second kappa shape index (κ2) is 7.88. The van der Waals surface area contributed by atoms with Crippen LogP contribution in [0.1, 0.15) is 43.0 Å². The van der Waals surface area contributed by atoms with Gasteiger partial charge in [0.15, 0.2) is 0 Å². The molecule has 2 rings (SSSR count). The van der Waals surface area contributed by atoms with Crippen molar-refractivity contribution in [2.75, 3.05) is 30.7 Å². The smallest absolute Gasteiger partial charge is 0.251 e. The Labute approximate surface area is 126 Å². The number of amides is 1. The molecule has 1 aliphatic rings. The van der Waals surface area contributed by atoms with Gasteiger partial charge in [0.05, 0.1) is 17.5 Å². The van der Waals surface area contributed by atoms with Crippen LogP contribution in [0.5, 0.6) is 0 Å². The van der Waals surface area contributed by atoms with Crippen molar-refractivity contribution in [3.8, 4) is 0 Å². The van der Waals surface area contributed by atoms with Crippen molar-refractivity contribution in [3.63, 3.8) is 0 Å². The van der Waals surface area contributed by atoms with E-state index < -0.39 is 0 Å². The Morgan fingerprint density at radius 3 is 2.95 bits per heavy atom. The summed E-state index contributed by atoms with van der Waals surface area (Å²) in [7, 11) is 0. The molecule has 0 saturated carbocycles. The van der Waals surface area contributed by atoms with E-state index in [1.165, 1.54) is 12.8 Å². The van der Waals surface area contributed by atoms with Gasteiger partial charge in [0.2, 0.25) is 0 Å². The number of carbonyl (C=O) groups is 1. The molecule has 21 heavy (non-hydrogen) atoms. The highest BCUT2D eigenvalue weighted by molar-refractivity contribution is 5.96. The number of hydrogen-bond acceptors (Lipinski definition) is 4. The SMILES string of the molecule is CCNC(=O)c1ccc(NCCC2CCCCO2)c(N)c1. The predicted octanol–water partition coefficient (Wildman–Crippen LogP) is 2.39. The van der Waals surface area contributed by atoms with Crippen LogP contribution in [0, 0.1) is 0 Å². The molecular formula is C16H25N3O2. The van der Waals surface area contributed by atoms with Crippen LogP contribution in [-0.2, 0) is 4.74 Å². The van der Waals surface area contributed by atoms with Crippen molar-refractivity contribution in [2.45, 2.75) is 38.7 Å². The molecular weight excluding hydrogens is 266 g/mol. The van der Waals surface area contributed by atoms with Crippen LogP contribution >= 0.6 is 0 Å². The van der Waals surface area contributed by atoms with E-state index in [0.29, 0.717) is 23.9 Å². The van der Waals surface area contributed by atoms with Gasteiger partial charge >= 0.3 is 0 Å². The van der Waals surface area contributed by atoms with Crippen molar-refractivity contribution >= 4 is 17.3 Å². The van der Waals surface area contributed by atoms with Crippen molar-refractivity contribution in [2.24, 2.45) is 0 Å². The third kappa shape index (κ3) is 4.63. The lowest BCUT2D eigenvalue weighted by molar-refractivity contribution is 0.0134. The Morgan fingerprint density at radius 2 is 2.29 bits per heavy atom. The summed E-state index contributed by atoms with van der Waals surface area (Å²) in [5, 5.41) is 6.08. The number of nitrogens with two attached hydrogens (primary N) is 1. The van der Waals surface area contributed by atoms with Gasteiger partial charge in [-0.05, 0) is 50.8 Å². The summed E-state index contributed by atoms with van der Waals surface area (Å²) < 4.78 is 5.70. The topological polar surface area (TPSA) is 76.4 Å². The Hall–Kier alpha value is -1.75. The number of ether oxygens (including phenoxy) is 1. The maximum atomic E-state index is 11.7. The number of benzene rings is 1. The minimum absolute atomic E-state index is 0.0913. The average Bonchev–Trinajstić information content (AvgIpc) is 2.50. The number of anilines is 2. The van der Waals surface area contributed by atoms with Gasteiger partial charge in [-0.1, -0.05) is 0 Å². The van der Waals surface area contributed by atoms with Gasteiger partial charge in [0.25, 0.3) is 5.91 Å². The average molecular weight is 291 g/mol. The minimum atomic E-state index is -0.0913. The van der Waals surface area contributed by atoms with E-state index >= 15 is 0 Å². The molecule has 1 aliphatic heterocycles. The zero-order chi connectivity index (χ0) is 15.1. The van der Waals surface area contributed by atoms with Crippen LogP contribution in [0.2, 0.25) is 0 Å². The second-order valence-electron chi connectivity index (χ2n) is 5.37. The molecule has 1 unspecified atom stereocenters. The molecule has 1 atom stereocenters. The molecule has 0 bridgehead atoms. The normalized spacial score (nSPS) is 18.2. The number of rotatable bonds is 6. The number of hydrogen-bond donors (Lipinski definition) is 3. The number of nitrogens with one attached hydrogen (secondary N) is 2. The van der Waals surface area contributed by atoms with E-state index in [4.69, 9.17) is 10.5 Å². The van der Waals surface area contributed by atoms with E-state index in [9.17, 15) is 4.79 Å². The molecule has 0 radical (unpaired) electrons. The zero-order valence-electron chi connectivity index (χ0n) is 12.7. The molecule has 4 N–H and O–H groups in total. The lowest BCUT2D eigenvalue weighted by Gasteiger charge is -2.22. The highest BCUT2D eigenvalue weighted by Crippen LogP contribution is 2.21.